The highest BCUT2D eigenvalue weighted by Crippen LogP contribution is 2.29. The molecule has 0 fully saturated rings. The predicted molar refractivity (Wildman–Crippen MR) is 68.0 cm³/mol. The Hall–Kier alpha value is -1.61. The number of carboxylic acids is 1. The summed E-state index contributed by atoms with van der Waals surface area (Å²) >= 11 is 0. The molecule has 1 aromatic rings. The Bertz CT molecular complexity index is 596. The number of aliphatic carboxylic acids is 1. The molecule has 118 valence electrons. The molecule has 0 aliphatic rings. The van der Waals surface area contributed by atoms with Crippen molar-refractivity contribution in [2.75, 3.05) is 6.54 Å². The average Bonchev–Trinajstić information content (AvgIpc) is 2.38. The van der Waals surface area contributed by atoms with Crippen LogP contribution in [0.25, 0.3) is 0 Å². The lowest BCUT2D eigenvalue weighted by molar-refractivity contribution is -0.141. The number of hydrogen-bond donors (Lipinski definition) is 2. The van der Waals surface area contributed by atoms with E-state index in [2.05, 4.69) is 4.72 Å². The molecule has 5 nitrogen and oxygen atoms in total. The van der Waals surface area contributed by atoms with Gasteiger partial charge in [0, 0.05) is 6.54 Å². The zero-order valence-corrected chi connectivity index (χ0v) is 11.8. The summed E-state index contributed by atoms with van der Waals surface area (Å²) in [7, 11) is -4.04. The van der Waals surface area contributed by atoms with Crippen molar-refractivity contribution in [2.24, 2.45) is 5.92 Å². The lowest BCUT2D eigenvalue weighted by atomic mass is 10.1. The van der Waals surface area contributed by atoms with E-state index in [1.807, 2.05) is 0 Å². The second-order valence-corrected chi connectivity index (χ2v) is 6.08. The first-order chi connectivity index (χ1) is 9.58. The standard InChI is InChI=1S/C12H14F3NO4S/c1-2-8(11(17)18)7-16-21(19,20)10-5-3-9(4-6-10)12(13,14)15/h3-6,8,16H,2,7H2,1H3,(H,17,18). The second-order valence-electron chi connectivity index (χ2n) is 4.32. The number of alkyl halides is 3. The van der Waals surface area contributed by atoms with Crippen LogP contribution in [-0.2, 0) is 21.0 Å². The van der Waals surface area contributed by atoms with Gasteiger partial charge in [-0.05, 0) is 30.7 Å². The van der Waals surface area contributed by atoms with Gasteiger partial charge in [-0.1, -0.05) is 6.92 Å². The molecule has 0 radical (unpaired) electrons. The zero-order chi connectivity index (χ0) is 16.3. The van der Waals surface area contributed by atoms with Crippen LogP contribution in [0, 0.1) is 5.92 Å². The lowest BCUT2D eigenvalue weighted by Gasteiger charge is -2.12. The first-order valence-electron chi connectivity index (χ1n) is 5.97. The van der Waals surface area contributed by atoms with Gasteiger partial charge in [-0.3, -0.25) is 4.79 Å². The third-order valence-electron chi connectivity index (χ3n) is 2.85. The Morgan fingerprint density at radius 3 is 2.19 bits per heavy atom. The molecule has 0 saturated carbocycles. The zero-order valence-electron chi connectivity index (χ0n) is 11.0. The van der Waals surface area contributed by atoms with Crippen LogP contribution >= 0.6 is 0 Å². The summed E-state index contributed by atoms with van der Waals surface area (Å²) in [4.78, 5) is 10.4. The Kier molecular flexibility index (Phi) is 5.35. The van der Waals surface area contributed by atoms with Crippen LogP contribution in [0.15, 0.2) is 29.2 Å². The number of carbonyl (C=O) groups is 1. The van der Waals surface area contributed by atoms with Crippen molar-refractivity contribution in [3.8, 4) is 0 Å². The minimum atomic E-state index is -4.55. The Balaban J connectivity index is 2.86. The summed E-state index contributed by atoms with van der Waals surface area (Å²) in [5, 5.41) is 8.81. The second kappa shape index (κ2) is 6.44. The van der Waals surface area contributed by atoms with Crippen LogP contribution in [0.3, 0.4) is 0 Å². The van der Waals surface area contributed by atoms with E-state index in [0.717, 1.165) is 12.1 Å². The monoisotopic (exact) mass is 325 g/mol. The number of sulfonamides is 1. The highest BCUT2D eigenvalue weighted by molar-refractivity contribution is 7.89. The van der Waals surface area contributed by atoms with Gasteiger partial charge in [0.2, 0.25) is 10.0 Å². The van der Waals surface area contributed by atoms with Crippen LogP contribution in [0.5, 0.6) is 0 Å². The molecule has 0 aliphatic heterocycles. The smallest absolute Gasteiger partial charge is 0.416 e. The van der Waals surface area contributed by atoms with E-state index < -0.39 is 33.7 Å². The molecule has 0 spiro atoms. The van der Waals surface area contributed by atoms with E-state index in [9.17, 15) is 26.4 Å². The maximum atomic E-state index is 12.4. The van der Waals surface area contributed by atoms with Crippen LogP contribution in [0.2, 0.25) is 0 Å². The van der Waals surface area contributed by atoms with Gasteiger partial charge in [0.25, 0.3) is 0 Å². The third kappa shape index (κ3) is 4.71. The molecule has 0 saturated heterocycles. The topological polar surface area (TPSA) is 83.5 Å². The first-order valence-corrected chi connectivity index (χ1v) is 7.46. The van der Waals surface area contributed by atoms with Gasteiger partial charge in [0.1, 0.15) is 0 Å². The largest absolute Gasteiger partial charge is 0.481 e. The van der Waals surface area contributed by atoms with Crippen LogP contribution in [-0.4, -0.2) is 26.0 Å². The van der Waals surface area contributed by atoms with Gasteiger partial charge in [-0.25, -0.2) is 13.1 Å². The highest BCUT2D eigenvalue weighted by atomic mass is 32.2. The summed E-state index contributed by atoms with van der Waals surface area (Å²) in [6.07, 6.45) is -4.32. The van der Waals surface area contributed by atoms with Gasteiger partial charge in [0.15, 0.2) is 0 Å². The highest BCUT2D eigenvalue weighted by Gasteiger charge is 2.30. The number of carboxylic acid groups (broad SMARTS) is 1. The predicted octanol–water partition coefficient (Wildman–Crippen LogP) is 2.09. The maximum absolute atomic E-state index is 12.4. The van der Waals surface area contributed by atoms with E-state index in [-0.39, 0.29) is 17.9 Å². The number of hydrogen-bond acceptors (Lipinski definition) is 3. The Morgan fingerprint density at radius 1 is 1.29 bits per heavy atom. The molecule has 0 bridgehead atoms. The molecule has 0 heterocycles. The molecule has 0 aliphatic carbocycles. The van der Waals surface area contributed by atoms with Crippen LogP contribution < -0.4 is 4.72 Å². The van der Waals surface area contributed by atoms with Crippen molar-refractivity contribution in [1.82, 2.24) is 4.72 Å². The van der Waals surface area contributed by atoms with E-state index in [0.29, 0.717) is 12.1 Å². The summed E-state index contributed by atoms with van der Waals surface area (Å²) in [5.41, 5.74) is -0.960. The SMILES string of the molecule is CCC(CNS(=O)(=O)c1ccc(C(F)(F)F)cc1)C(=O)O. The average molecular weight is 325 g/mol. The van der Waals surface area contributed by atoms with Gasteiger partial charge in [-0.2, -0.15) is 13.2 Å². The molecule has 1 aromatic carbocycles. The minimum Gasteiger partial charge on any atom is -0.481 e. The molecule has 1 unspecified atom stereocenters. The van der Waals surface area contributed by atoms with E-state index >= 15 is 0 Å². The van der Waals surface area contributed by atoms with Gasteiger partial charge in [-0.15, -0.1) is 0 Å². The van der Waals surface area contributed by atoms with Gasteiger partial charge in [0.05, 0.1) is 16.4 Å². The third-order valence-corrected chi connectivity index (χ3v) is 4.29. The molecular formula is C12H14F3NO4S. The van der Waals surface area contributed by atoms with Gasteiger partial charge < -0.3 is 5.11 Å². The molecular weight excluding hydrogens is 311 g/mol. The first kappa shape index (κ1) is 17.4. The Morgan fingerprint density at radius 2 is 1.81 bits per heavy atom. The number of nitrogens with one attached hydrogen (secondary N) is 1. The van der Waals surface area contributed by atoms with E-state index in [1.54, 1.807) is 6.92 Å². The van der Waals surface area contributed by atoms with Crippen molar-refractivity contribution >= 4 is 16.0 Å². The fraction of sp³-hybridized carbons (Fsp3) is 0.417. The van der Waals surface area contributed by atoms with Crippen LogP contribution in [0.4, 0.5) is 13.2 Å². The van der Waals surface area contributed by atoms with Crippen molar-refractivity contribution < 1.29 is 31.5 Å². The summed E-state index contributed by atoms with van der Waals surface area (Å²) in [6, 6.07) is 2.96. The number of halogens is 3. The number of benzene rings is 1. The molecule has 0 aromatic heterocycles. The van der Waals surface area contributed by atoms with E-state index in [1.165, 1.54) is 0 Å². The fourth-order valence-corrected chi connectivity index (χ4v) is 2.60. The molecule has 21 heavy (non-hydrogen) atoms. The summed E-state index contributed by atoms with van der Waals surface area (Å²) in [5.74, 6) is -2.04. The van der Waals surface area contributed by atoms with E-state index in [4.69, 9.17) is 5.11 Å². The Labute approximate surface area is 119 Å². The molecule has 1 atom stereocenters. The van der Waals surface area contributed by atoms with Gasteiger partial charge >= 0.3 is 12.1 Å². The van der Waals surface area contributed by atoms with Crippen molar-refractivity contribution in [2.45, 2.75) is 24.4 Å². The number of rotatable bonds is 6. The normalized spacial score (nSPS) is 13.9. The van der Waals surface area contributed by atoms with Crippen molar-refractivity contribution in [3.63, 3.8) is 0 Å². The molecule has 2 N–H and O–H groups in total. The maximum Gasteiger partial charge on any atom is 0.416 e. The summed E-state index contributed by atoms with van der Waals surface area (Å²) in [6.45, 7) is 1.26. The molecule has 1 rings (SSSR count). The van der Waals surface area contributed by atoms with Crippen molar-refractivity contribution in [3.05, 3.63) is 29.8 Å². The summed E-state index contributed by atoms with van der Waals surface area (Å²) < 4.78 is 62.9. The fourth-order valence-electron chi connectivity index (χ4n) is 1.52. The van der Waals surface area contributed by atoms with Crippen molar-refractivity contribution in [1.29, 1.82) is 0 Å². The molecule has 0 amide bonds. The minimum absolute atomic E-state index is 0.227. The quantitative estimate of drug-likeness (QED) is 0.839. The van der Waals surface area contributed by atoms with Crippen LogP contribution in [0.1, 0.15) is 18.9 Å². The lowest BCUT2D eigenvalue weighted by Crippen LogP contribution is -2.32. The molecule has 9 heteroatoms.